The van der Waals surface area contributed by atoms with E-state index < -0.39 is 11.6 Å². The summed E-state index contributed by atoms with van der Waals surface area (Å²) in [5, 5.41) is 11.2. The molecule has 1 heterocycles. The van der Waals surface area contributed by atoms with Crippen LogP contribution in [0.15, 0.2) is 12.1 Å². The first kappa shape index (κ1) is 12.3. The van der Waals surface area contributed by atoms with E-state index in [0.717, 1.165) is 12.1 Å². The van der Waals surface area contributed by atoms with Gasteiger partial charge in [-0.2, -0.15) is 5.26 Å². The second kappa shape index (κ2) is 5.00. The monoisotopic (exact) mass is 251 g/mol. The zero-order valence-corrected chi connectivity index (χ0v) is 9.54. The highest BCUT2D eigenvalue weighted by atomic mass is 19.1. The van der Waals surface area contributed by atoms with Crippen molar-refractivity contribution in [2.45, 2.75) is 6.42 Å². The Hall–Kier alpha value is -2.16. The third kappa shape index (κ3) is 2.40. The molecule has 2 rings (SSSR count). The van der Waals surface area contributed by atoms with Crippen LogP contribution in [0.25, 0.3) is 0 Å². The number of anilines is 1. The topological polar surface area (TPSA) is 56.1 Å². The summed E-state index contributed by atoms with van der Waals surface area (Å²) < 4.78 is 27.5. The standard InChI is InChI=1S/C12H11F2N3O/c13-9-5-8(7-15)6-10(14)12(9)17-3-1-11(18)16-2-4-17/h5-6H,1-4H2,(H,16,18). The molecule has 0 radical (unpaired) electrons. The van der Waals surface area contributed by atoms with Crippen LogP contribution < -0.4 is 10.2 Å². The molecule has 0 spiro atoms. The molecule has 0 aromatic heterocycles. The Morgan fingerprint density at radius 2 is 1.94 bits per heavy atom. The summed E-state index contributed by atoms with van der Waals surface area (Å²) in [6.07, 6.45) is 0.193. The number of hydrogen-bond donors (Lipinski definition) is 1. The number of amides is 1. The van der Waals surface area contributed by atoms with Crippen LogP contribution in [-0.2, 0) is 4.79 Å². The number of nitrogens with one attached hydrogen (secondary N) is 1. The normalized spacial score (nSPS) is 15.8. The highest BCUT2D eigenvalue weighted by molar-refractivity contribution is 5.77. The summed E-state index contributed by atoms with van der Waals surface area (Å²) in [4.78, 5) is 12.6. The minimum Gasteiger partial charge on any atom is -0.365 e. The zero-order valence-electron chi connectivity index (χ0n) is 9.54. The van der Waals surface area contributed by atoms with Crippen molar-refractivity contribution in [1.82, 2.24) is 5.32 Å². The second-order valence-electron chi connectivity index (χ2n) is 3.99. The lowest BCUT2D eigenvalue weighted by molar-refractivity contribution is -0.120. The first-order valence-corrected chi connectivity index (χ1v) is 5.52. The van der Waals surface area contributed by atoms with Gasteiger partial charge in [0.15, 0.2) is 11.6 Å². The SMILES string of the molecule is N#Cc1cc(F)c(N2CCNC(=O)CC2)c(F)c1. The van der Waals surface area contributed by atoms with E-state index in [-0.39, 0.29) is 30.1 Å². The lowest BCUT2D eigenvalue weighted by Gasteiger charge is -2.22. The van der Waals surface area contributed by atoms with Crippen molar-refractivity contribution in [2.24, 2.45) is 0 Å². The number of hydrogen-bond acceptors (Lipinski definition) is 3. The largest absolute Gasteiger partial charge is 0.365 e. The fourth-order valence-electron chi connectivity index (χ4n) is 1.92. The molecule has 1 aromatic rings. The van der Waals surface area contributed by atoms with Gasteiger partial charge >= 0.3 is 0 Å². The Labute approximate surface area is 103 Å². The second-order valence-corrected chi connectivity index (χ2v) is 3.99. The zero-order chi connectivity index (χ0) is 13.1. The van der Waals surface area contributed by atoms with Crippen molar-refractivity contribution < 1.29 is 13.6 Å². The molecule has 1 aliphatic rings. The number of benzene rings is 1. The lowest BCUT2D eigenvalue weighted by atomic mass is 10.2. The lowest BCUT2D eigenvalue weighted by Crippen LogP contribution is -2.29. The molecule has 0 saturated carbocycles. The van der Waals surface area contributed by atoms with Crippen molar-refractivity contribution in [3.63, 3.8) is 0 Å². The summed E-state index contributed by atoms with van der Waals surface area (Å²) in [6, 6.07) is 3.69. The molecule has 0 unspecified atom stereocenters. The Kier molecular flexibility index (Phi) is 3.42. The highest BCUT2D eigenvalue weighted by Crippen LogP contribution is 2.25. The number of carbonyl (C=O) groups is 1. The van der Waals surface area contributed by atoms with Crippen LogP contribution in [0.4, 0.5) is 14.5 Å². The van der Waals surface area contributed by atoms with Gasteiger partial charge < -0.3 is 10.2 Å². The molecular weight excluding hydrogens is 240 g/mol. The third-order valence-electron chi connectivity index (χ3n) is 2.77. The van der Waals surface area contributed by atoms with Crippen LogP contribution in [-0.4, -0.2) is 25.5 Å². The van der Waals surface area contributed by atoms with Gasteiger partial charge in [-0.1, -0.05) is 0 Å². The summed E-state index contributed by atoms with van der Waals surface area (Å²) in [5.74, 6) is -1.69. The minimum atomic E-state index is -0.777. The van der Waals surface area contributed by atoms with Gasteiger partial charge in [0.25, 0.3) is 0 Å². The van der Waals surface area contributed by atoms with Gasteiger partial charge in [0.05, 0.1) is 11.6 Å². The molecule has 4 nitrogen and oxygen atoms in total. The fourth-order valence-corrected chi connectivity index (χ4v) is 1.92. The minimum absolute atomic E-state index is 0.0576. The van der Waals surface area contributed by atoms with Crippen LogP contribution in [0.5, 0.6) is 0 Å². The first-order valence-electron chi connectivity index (χ1n) is 5.52. The van der Waals surface area contributed by atoms with E-state index >= 15 is 0 Å². The maximum atomic E-state index is 13.8. The van der Waals surface area contributed by atoms with Gasteiger partial charge in [0.2, 0.25) is 5.91 Å². The number of carbonyl (C=O) groups excluding carboxylic acids is 1. The average Bonchev–Trinajstić information content (AvgIpc) is 2.53. The van der Waals surface area contributed by atoms with E-state index in [1.54, 1.807) is 6.07 Å². The highest BCUT2D eigenvalue weighted by Gasteiger charge is 2.21. The molecule has 1 saturated heterocycles. The number of nitriles is 1. The Morgan fingerprint density at radius 3 is 2.56 bits per heavy atom. The Bertz CT molecular complexity index is 502. The van der Waals surface area contributed by atoms with Gasteiger partial charge in [0.1, 0.15) is 5.69 Å². The van der Waals surface area contributed by atoms with Gasteiger partial charge in [-0.25, -0.2) is 8.78 Å². The summed E-state index contributed by atoms with van der Waals surface area (Å²) in [6.45, 7) is 0.939. The van der Waals surface area contributed by atoms with Gasteiger partial charge in [0, 0.05) is 26.1 Å². The van der Waals surface area contributed by atoms with Crippen LogP contribution in [0.3, 0.4) is 0 Å². The summed E-state index contributed by atoms with van der Waals surface area (Å²) in [5.41, 5.74) is -0.233. The van der Waals surface area contributed by atoms with E-state index in [2.05, 4.69) is 5.32 Å². The molecule has 1 aromatic carbocycles. The number of halogens is 2. The number of nitrogens with zero attached hydrogens (tertiary/aromatic N) is 2. The van der Waals surface area contributed by atoms with Gasteiger partial charge in [-0.15, -0.1) is 0 Å². The van der Waals surface area contributed by atoms with Crippen molar-refractivity contribution in [2.75, 3.05) is 24.5 Å². The van der Waals surface area contributed by atoms with E-state index in [9.17, 15) is 13.6 Å². The summed E-state index contributed by atoms with van der Waals surface area (Å²) in [7, 11) is 0. The Balaban J connectivity index is 2.33. The number of rotatable bonds is 1. The molecule has 94 valence electrons. The predicted molar refractivity (Wildman–Crippen MR) is 60.9 cm³/mol. The molecule has 0 aliphatic carbocycles. The molecule has 6 heteroatoms. The van der Waals surface area contributed by atoms with Crippen LogP contribution in [0, 0.1) is 23.0 Å². The molecule has 1 fully saturated rings. The molecule has 0 atom stereocenters. The molecule has 1 aliphatic heterocycles. The molecule has 0 bridgehead atoms. The average molecular weight is 251 g/mol. The van der Waals surface area contributed by atoms with E-state index in [0.29, 0.717) is 13.1 Å². The fraction of sp³-hybridized carbons (Fsp3) is 0.333. The van der Waals surface area contributed by atoms with Crippen molar-refractivity contribution in [3.8, 4) is 6.07 Å². The molecule has 1 N–H and O–H groups in total. The quantitative estimate of drug-likeness (QED) is 0.815. The predicted octanol–water partition coefficient (Wildman–Crippen LogP) is 1.16. The van der Waals surface area contributed by atoms with Crippen molar-refractivity contribution in [1.29, 1.82) is 5.26 Å². The molecule has 18 heavy (non-hydrogen) atoms. The smallest absolute Gasteiger partial charge is 0.221 e. The summed E-state index contributed by atoms with van der Waals surface area (Å²) >= 11 is 0. The van der Waals surface area contributed by atoms with E-state index in [1.807, 2.05) is 0 Å². The van der Waals surface area contributed by atoms with Crippen LogP contribution >= 0.6 is 0 Å². The van der Waals surface area contributed by atoms with E-state index in [4.69, 9.17) is 5.26 Å². The van der Waals surface area contributed by atoms with E-state index in [1.165, 1.54) is 4.90 Å². The van der Waals surface area contributed by atoms with Crippen LogP contribution in [0.2, 0.25) is 0 Å². The third-order valence-corrected chi connectivity index (χ3v) is 2.77. The van der Waals surface area contributed by atoms with Crippen molar-refractivity contribution in [3.05, 3.63) is 29.3 Å². The first-order chi connectivity index (χ1) is 8.61. The Morgan fingerprint density at radius 1 is 1.28 bits per heavy atom. The van der Waals surface area contributed by atoms with Crippen molar-refractivity contribution >= 4 is 11.6 Å². The molecule has 1 amide bonds. The molecular formula is C12H11F2N3O. The van der Waals surface area contributed by atoms with Crippen LogP contribution in [0.1, 0.15) is 12.0 Å². The van der Waals surface area contributed by atoms with Gasteiger partial charge in [-0.05, 0) is 12.1 Å². The maximum Gasteiger partial charge on any atom is 0.221 e. The maximum absolute atomic E-state index is 13.8. The van der Waals surface area contributed by atoms with Gasteiger partial charge in [-0.3, -0.25) is 4.79 Å².